The van der Waals surface area contributed by atoms with Crippen LogP contribution in [-0.4, -0.2) is 30.8 Å². The summed E-state index contributed by atoms with van der Waals surface area (Å²) >= 11 is 0. The van der Waals surface area contributed by atoms with E-state index in [4.69, 9.17) is 0 Å². The van der Waals surface area contributed by atoms with Crippen molar-refractivity contribution in [3.05, 3.63) is 0 Å². The van der Waals surface area contributed by atoms with E-state index in [0.29, 0.717) is 0 Å². The highest BCUT2D eigenvalue weighted by atomic mass is 19.1. The van der Waals surface area contributed by atoms with Gasteiger partial charge in [-0.25, -0.2) is 14.0 Å². The van der Waals surface area contributed by atoms with Crippen LogP contribution in [0.4, 0.5) is 4.39 Å². The minimum Gasteiger partial charge on any atom is -0.463 e. The summed E-state index contributed by atoms with van der Waals surface area (Å²) in [6.45, 7) is 4.53. The molecule has 0 aliphatic rings. The molecule has 0 saturated carbocycles. The van der Waals surface area contributed by atoms with Crippen molar-refractivity contribution in [1.82, 2.24) is 0 Å². The first-order chi connectivity index (χ1) is 6.52. The zero-order valence-electron chi connectivity index (χ0n) is 8.63. The summed E-state index contributed by atoms with van der Waals surface area (Å²) in [7, 11) is 0. The van der Waals surface area contributed by atoms with Crippen LogP contribution in [0.1, 0.15) is 27.2 Å². The lowest BCUT2D eigenvalue weighted by Crippen LogP contribution is -2.44. The Morgan fingerprint density at radius 3 is 1.64 bits per heavy atom. The third kappa shape index (κ3) is 2.68. The van der Waals surface area contributed by atoms with Crippen molar-refractivity contribution in [2.24, 2.45) is 0 Å². The molecule has 0 aromatic rings. The summed E-state index contributed by atoms with van der Waals surface area (Å²) in [5.74, 6) is -2.36. The van der Waals surface area contributed by atoms with Crippen LogP contribution in [0, 0.1) is 0 Å². The minimum absolute atomic E-state index is 0.0317. The summed E-state index contributed by atoms with van der Waals surface area (Å²) in [6, 6.07) is 0. The molecular formula is C9H15FO4. The minimum atomic E-state index is -2.66. The van der Waals surface area contributed by atoms with Crippen LogP contribution in [0.15, 0.2) is 0 Å². The molecule has 0 bridgehead atoms. The van der Waals surface area contributed by atoms with Gasteiger partial charge >= 0.3 is 17.6 Å². The second kappa shape index (κ2) is 5.57. The smallest absolute Gasteiger partial charge is 0.355 e. The van der Waals surface area contributed by atoms with Gasteiger partial charge in [0, 0.05) is 6.42 Å². The molecule has 0 aromatic heterocycles. The van der Waals surface area contributed by atoms with E-state index in [9.17, 15) is 14.0 Å². The maximum atomic E-state index is 13.7. The van der Waals surface area contributed by atoms with Crippen LogP contribution in [0.3, 0.4) is 0 Å². The van der Waals surface area contributed by atoms with Gasteiger partial charge in [-0.2, -0.15) is 0 Å². The second-order valence-electron chi connectivity index (χ2n) is 2.60. The molecule has 0 radical (unpaired) electrons. The Balaban J connectivity index is 4.60. The zero-order valence-corrected chi connectivity index (χ0v) is 8.63. The van der Waals surface area contributed by atoms with Gasteiger partial charge in [0.25, 0.3) is 0 Å². The van der Waals surface area contributed by atoms with Gasteiger partial charge in [0.15, 0.2) is 0 Å². The highest BCUT2D eigenvalue weighted by molar-refractivity contribution is 6.03. The normalized spacial score (nSPS) is 10.9. The maximum Gasteiger partial charge on any atom is 0.355 e. The third-order valence-electron chi connectivity index (χ3n) is 1.69. The number of alkyl halides is 1. The summed E-state index contributed by atoms with van der Waals surface area (Å²) < 4.78 is 22.6. The summed E-state index contributed by atoms with van der Waals surface area (Å²) in [6.07, 6.45) is -0.287. The molecule has 0 unspecified atom stereocenters. The SMILES string of the molecule is CCOC(=O)C(F)(CC)C(=O)OCC. The van der Waals surface area contributed by atoms with Crippen molar-refractivity contribution in [3.63, 3.8) is 0 Å². The van der Waals surface area contributed by atoms with Crippen LogP contribution >= 0.6 is 0 Å². The molecule has 82 valence electrons. The van der Waals surface area contributed by atoms with Gasteiger partial charge in [0.05, 0.1) is 13.2 Å². The molecule has 14 heavy (non-hydrogen) atoms. The molecule has 0 rings (SSSR count). The third-order valence-corrected chi connectivity index (χ3v) is 1.69. The number of rotatable bonds is 5. The number of hydrogen-bond donors (Lipinski definition) is 0. The Bertz CT molecular complexity index is 197. The van der Waals surface area contributed by atoms with E-state index in [1.165, 1.54) is 6.92 Å². The maximum absolute atomic E-state index is 13.7. The molecule has 0 fully saturated rings. The van der Waals surface area contributed by atoms with Crippen molar-refractivity contribution in [3.8, 4) is 0 Å². The number of esters is 2. The van der Waals surface area contributed by atoms with Crippen molar-refractivity contribution >= 4 is 11.9 Å². The van der Waals surface area contributed by atoms with Gasteiger partial charge in [-0.05, 0) is 13.8 Å². The van der Waals surface area contributed by atoms with E-state index in [0.717, 1.165) is 0 Å². The molecule has 0 amide bonds. The lowest BCUT2D eigenvalue weighted by atomic mass is 10.0. The van der Waals surface area contributed by atoms with E-state index >= 15 is 0 Å². The lowest BCUT2D eigenvalue weighted by molar-refractivity contribution is -0.174. The molecule has 0 spiro atoms. The Labute approximate surface area is 82.4 Å². The van der Waals surface area contributed by atoms with Gasteiger partial charge < -0.3 is 9.47 Å². The number of halogens is 1. The Morgan fingerprint density at radius 1 is 1.07 bits per heavy atom. The van der Waals surface area contributed by atoms with Crippen LogP contribution in [0.25, 0.3) is 0 Å². The van der Waals surface area contributed by atoms with Crippen molar-refractivity contribution < 1.29 is 23.5 Å². The predicted molar refractivity (Wildman–Crippen MR) is 47.4 cm³/mol. The fourth-order valence-corrected chi connectivity index (χ4v) is 0.863. The molecule has 0 aliphatic heterocycles. The quantitative estimate of drug-likeness (QED) is 0.501. The Morgan fingerprint density at radius 2 is 1.43 bits per heavy atom. The van der Waals surface area contributed by atoms with Gasteiger partial charge in [0.2, 0.25) is 0 Å². The Kier molecular flexibility index (Phi) is 5.12. The topological polar surface area (TPSA) is 52.6 Å². The predicted octanol–water partition coefficient (Wildman–Crippen LogP) is 1.23. The van der Waals surface area contributed by atoms with Crippen molar-refractivity contribution in [2.45, 2.75) is 32.9 Å². The summed E-state index contributed by atoms with van der Waals surface area (Å²) in [5.41, 5.74) is -2.66. The molecular weight excluding hydrogens is 191 g/mol. The first-order valence-corrected chi connectivity index (χ1v) is 4.56. The van der Waals surface area contributed by atoms with Crippen LogP contribution < -0.4 is 0 Å². The number of hydrogen-bond acceptors (Lipinski definition) is 4. The first-order valence-electron chi connectivity index (χ1n) is 4.56. The van der Waals surface area contributed by atoms with Crippen molar-refractivity contribution in [1.29, 1.82) is 0 Å². The van der Waals surface area contributed by atoms with Crippen LogP contribution in [0.5, 0.6) is 0 Å². The lowest BCUT2D eigenvalue weighted by Gasteiger charge is -2.19. The number of ether oxygens (including phenoxy) is 2. The largest absolute Gasteiger partial charge is 0.463 e. The molecule has 0 N–H and O–H groups in total. The second-order valence-corrected chi connectivity index (χ2v) is 2.60. The van der Waals surface area contributed by atoms with E-state index in [1.54, 1.807) is 13.8 Å². The van der Waals surface area contributed by atoms with E-state index in [-0.39, 0.29) is 19.6 Å². The fraction of sp³-hybridized carbons (Fsp3) is 0.778. The number of carbonyl (C=O) groups is 2. The van der Waals surface area contributed by atoms with Gasteiger partial charge in [-0.3, -0.25) is 0 Å². The average molecular weight is 206 g/mol. The van der Waals surface area contributed by atoms with Crippen molar-refractivity contribution in [2.75, 3.05) is 13.2 Å². The monoisotopic (exact) mass is 206 g/mol. The van der Waals surface area contributed by atoms with Gasteiger partial charge in [-0.1, -0.05) is 6.92 Å². The molecule has 0 heterocycles. The van der Waals surface area contributed by atoms with E-state index in [1.807, 2.05) is 0 Å². The summed E-state index contributed by atoms with van der Waals surface area (Å²) in [5, 5.41) is 0. The molecule has 4 nitrogen and oxygen atoms in total. The van der Waals surface area contributed by atoms with Crippen LogP contribution in [-0.2, 0) is 19.1 Å². The fourth-order valence-electron chi connectivity index (χ4n) is 0.863. The molecule has 0 aromatic carbocycles. The Hall–Kier alpha value is -1.13. The van der Waals surface area contributed by atoms with Gasteiger partial charge in [0.1, 0.15) is 0 Å². The average Bonchev–Trinajstić information content (AvgIpc) is 2.17. The van der Waals surface area contributed by atoms with E-state index < -0.39 is 17.6 Å². The standard InChI is InChI=1S/C9H15FO4/c1-4-9(10,7(11)13-5-2)8(12)14-6-3/h4-6H2,1-3H3. The zero-order chi connectivity index (χ0) is 11.2. The summed E-state index contributed by atoms with van der Waals surface area (Å²) in [4.78, 5) is 22.2. The first kappa shape index (κ1) is 12.9. The molecule has 0 aliphatic carbocycles. The van der Waals surface area contributed by atoms with E-state index in [2.05, 4.69) is 9.47 Å². The molecule has 0 saturated heterocycles. The van der Waals surface area contributed by atoms with Crippen LogP contribution in [0.2, 0.25) is 0 Å². The highest BCUT2D eigenvalue weighted by Gasteiger charge is 2.48. The highest BCUT2D eigenvalue weighted by Crippen LogP contribution is 2.20. The van der Waals surface area contributed by atoms with Gasteiger partial charge in [-0.15, -0.1) is 0 Å². The molecule has 5 heteroatoms. The number of carbonyl (C=O) groups excluding carboxylic acids is 2. The molecule has 0 atom stereocenters.